The number of rotatable bonds is 1. The molecule has 0 aliphatic heterocycles. The molecular weight excluding hydrogens is 166 g/mol. The van der Waals surface area contributed by atoms with Gasteiger partial charge in [-0.15, -0.1) is 0 Å². The first kappa shape index (κ1) is 9.31. The molecule has 0 aliphatic rings. The van der Waals surface area contributed by atoms with Crippen LogP contribution in [0.4, 0.5) is 5.82 Å². The molecule has 2 heterocycles. The summed E-state index contributed by atoms with van der Waals surface area (Å²) in [5.41, 5.74) is 5.42. The summed E-state index contributed by atoms with van der Waals surface area (Å²) < 4.78 is 1.77. The number of anilines is 1. The minimum atomic E-state index is 0.500. The van der Waals surface area contributed by atoms with E-state index >= 15 is 0 Å². The van der Waals surface area contributed by atoms with Crippen molar-refractivity contribution in [1.29, 1.82) is 0 Å². The summed E-state index contributed by atoms with van der Waals surface area (Å²) in [5.74, 6) is 1.36. The van der Waals surface area contributed by atoms with Crippen LogP contribution in [0.3, 0.4) is 0 Å². The third-order valence-electron chi connectivity index (χ3n) is 1.37. The maximum absolute atomic E-state index is 5.42. The maximum Gasteiger partial charge on any atom is 0.142 e. The van der Waals surface area contributed by atoms with Gasteiger partial charge in [-0.3, -0.25) is 9.67 Å². The molecule has 0 spiro atoms. The number of H-pyrrole nitrogens is 1. The Morgan fingerprint density at radius 2 is 2.23 bits per heavy atom. The van der Waals surface area contributed by atoms with Gasteiger partial charge in [0.05, 0.1) is 12.4 Å². The second-order valence-electron chi connectivity index (χ2n) is 2.15. The highest BCUT2D eigenvalue weighted by Crippen LogP contribution is 2.04. The molecule has 0 saturated carbocycles. The van der Waals surface area contributed by atoms with Crippen LogP contribution in [0.25, 0.3) is 5.82 Å². The van der Waals surface area contributed by atoms with Crippen LogP contribution in [0.1, 0.15) is 13.8 Å². The molecule has 0 aliphatic carbocycles. The van der Waals surface area contributed by atoms with Crippen molar-refractivity contribution >= 4 is 5.82 Å². The van der Waals surface area contributed by atoms with Gasteiger partial charge in [0.15, 0.2) is 0 Å². The number of hydrogen-bond donors (Lipinski definition) is 2. The molecule has 13 heavy (non-hydrogen) atoms. The summed E-state index contributed by atoms with van der Waals surface area (Å²) in [5, 5.41) is 6.58. The number of nitrogens with two attached hydrogens (primary N) is 1. The van der Waals surface area contributed by atoms with Crippen LogP contribution in [0.15, 0.2) is 24.8 Å². The fraction of sp³-hybridized carbons (Fsp3) is 0.250. The molecular formula is C8H13N5. The molecule has 70 valence electrons. The number of hydrogen-bond acceptors (Lipinski definition) is 3. The van der Waals surface area contributed by atoms with Gasteiger partial charge < -0.3 is 5.73 Å². The molecule has 0 bridgehead atoms. The molecule has 0 saturated heterocycles. The summed E-state index contributed by atoms with van der Waals surface area (Å²) in [6.45, 7) is 4.00. The number of aromatic nitrogens is 4. The van der Waals surface area contributed by atoms with E-state index in [4.69, 9.17) is 5.73 Å². The van der Waals surface area contributed by atoms with E-state index in [-0.39, 0.29) is 0 Å². The van der Waals surface area contributed by atoms with Crippen molar-refractivity contribution < 1.29 is 0 Å². The third-order valence-corrected chi connectivity index (χ3v) is 1.37. The molecule has 0 atom stereocenters. The molecule has 2 rings (SSSR count). The number of aromatic amines is 1. The molecule has 0 unspecified atom stereocenters. The van der Waals surface area contributed by atoms with Crippen molar-refractivity contribution in [2.24, 2.45) is 0 Å². The Morgan fingerprint density at radius 1 is 1.46 bits per heavy atom. The van der Waals surface area contributed by atoms with E-state index in [1.807, 2.05) is 19.9 Å². The Balaban J connectivity index is 0.000000396. The van der Waals surface area contributed by atoms with E-state index in [0.717, 1.165) is 5.82 Å². The molecule has 0 amide bonds. The van der Waals surface area contributed by atoms with Gasteiger partial charge in [-0.25, -0.2) is 4.98 Å². The quantitative estimate of drug-likeness (QED) is 0.691. The lowest BCUT2D eigenvalue weighted by Gasteiger charge is -1.92. The monoisotopic (exact) mass is 179 g/mol. The van der Waals surface area contributed by atoms with Crippen LogP contribution in [-0.4, -0.2) is 19.7 Å². The smallest absolute Gasteiger partial charge is 0.142 e. The summed E-state index contributed by atoms with van der Waals surface area (Å²) in [6.07, 6.45) is 5.02. The Hall–Kier alpha value is -1.78. The Morgan fingerprint density at radius 3 is 2.69 bits per heavy atom. The van der Waals surface area contributed by atoms with Crippen LogP contribution < -0.4 is 5.73 Å². The summed E-state index contributed by atoms with van der Waals surface area (Å²) >= 11 is 0. The van der Waals surface area contributed by atoms with E-state index < -0.39 is 0 Å². The van der Waals surface area contributed by atoms with Crippen molar-refractivity contribution in [3.05, 3.63) is 24.8 Å². The normalized spacial score (nSPS) is 9.08. The Bertz CT molecular complexity index is 335. The van der Waals surface area contributed by atoms with Gasteiger partial charge in [0.1, 0.15) is 18.0 Å². The molecule has 0 aromatic carbocycles. The highest BCUT2D eigenvalue weighted by molar-refractivity contribution is 5.29. The van der Waals surface area contributed by atoms with Gasteiger partial charge in [-0.1, -0.05) is 13.8 Å². The first-order valence-corrected chi connectivity index (χ1v) is 4.15. The second-order valence-corrected chi connectivity index (χ2v) is 2.15. The topological polar surface area (TPSA) is 72.5 Å². The fourth-order valence-corrected chi connectivity index (χ4v) is 0.862. The summed E-state index contributed by atoms with van der Waals surface area (Å²) in [7, 11) is 0. The van der Waals surface area contributed by atoms with E-state index in [1.54, 1.807) is 23.3 Å². The van der Waals surface area contributed by atoms with Gasteiger partial charge in [-0.05, 0) is 0 Å². The molecule has 0 fully saturated rings. The number of nitrogen functional groups attached to an aromatic ring is 1. The number of nitrogens with zero attached hydrogens (tertiary/aromatic N) is 3. The van der Waals surface area contributed by atoms with Crippen molar-refractivity contribution in [1.82, 2.24) is 19.7 Å². The SMILES string of the molecule is CC.Nc1cn(-c2ccn[nH]2)cn1. The van der Waals surface area contributed by atoms with Gasteiger partial charge in [0.2, 0.25) is 0 Å². The number of nitrogens with one attached hydrogen (secondary N) is 1. The second kappa shape index (κ2) is 4.30. The van der Waals surface area contributed by atoms with Crippen molar-refractivity contribution in [2.75, 3.05) is 5.73 Å². The molecule has 3 N–H and O–H groups in total. The van der Waals surface area contributed by atoms with E-state index in [1.165, 1.54) is 0 Å². The average molecular weight is 179 g/mol. The summed E-state index contributed by atoms with van der Waals surface area (Å²) in [4.78, 5) is 3.87. The van der Waals surface area contributed by atoms with Gasteiger partial charge in [-0.2, -0.15) is 5.10 Å². The minimum Gasteiger partial charge on any atom is -0.382 e. The minimum absolute atomic E-state index is 0.500. The van der Waals surface area contributed by atoms with Crippen LogP contribution in [0, 0.1) is 0 Å². The van der Waals surface area contributed by atoms with Crippen LogP contribution in [0.2, 0.25) is 0 Å². The lowest BCUT2D eigenvalue weighted by atomic mass is 10.6. The van der Waals surface area contributed by atoms with Gasteiger partial charge in [0, 0.05) is 6.07 Å². The highest BCUT2D eigenvalue weighted by Gasteiger charge is 1.96. The van der Waals surface area contributed by atoms with E-state index in [0.29, 0.717) is 5.82 Å². The standard InChI is InChI=1S/C6H7N5.C2H6/c7-5-3-11(4-8-5)6-1-2-9-10-6;1-2/h1-4H,7H2,(H,9,10);1-2H3. The predicted molar refractivity (Wildman–Crippen MR) is 51.5 cm³/mol. The van der Waals surface area contributed by atoms with Gasteiger partial charge >= 0.3 is 0 Å². The molecule has 2 aromatic rings. The molecule has 0 radical (unpaired) electrons. The largest absolute Gasteiger partial charge is 0.382 e. The third kappa shape index (κ3) is 2.08. The number of imidazole rings is 1. The lowest BCUT2D eigenvalue weighted by molar-refractivity contribution is 0.956. The maximum atomic E-state index is 5.42. The zero-order valence-electron chi connectivity index (χ0n) is 7.73. The average Bonchev–Trinajstić information content (AvgIpc) is 2.77. The van der Waals surface area contributed by atoms with Crippen molar-refractivity contribution in [3.8, 4) is 5.82 Å². The lowest BCUT2D eigenvalue weighted by Crippen LogP contribution is -1.89. The van der Waals surface area contributed by atoms with Crippen molar-refractivity contribution in [3.63, 3.8) is 0 Å². The van der Waals surface area contributed by atoms with Crippen LogP contribution in [0.5, 0.6) is 0 Å². The molecule has 5 heteroatoms. The van der Waals surface area contributed by atoms with Crippen LogP contribution in [-0.2, 0) is 0 Å². The zero-order valence-corrected chi connectivity index (χ0v) is 7.73. The molecule has 5 nitrogen and oxygen atoms in total. The molecule has 2 aromatic heterocycles. The summed E-state index contributed by atoms with van der Waals surface area (Å²) in [6, 6.07) is 1.83. The predicted octanol–water partition coefficient (Wildman–Crippen LogP) is 1.20. The zero-order chi connectivity index (χ0) is 9.68. The first-order chi connectivity index (χ1) is 6.36. The van der Waals surface area contributed by atoms with Crippen LogP contribution >= 0.6 is 0 Å². The highest BCUT2D eigenvalue weighted by atomic mass is 15.2. The van der Waals surface area contributed by atoms with Gasteiger partial charge in [0.25, 0.3) is 0 Å². The first-order valence-electron chi connectivity index (χ1n) is 4.15. The Labute approximate surface area is 76.6 Å². The van der Waals surface area contributed by atoms with Crippen molar-refractivity contribution in [2.45, 2.75) is 13.8 Å². The Kier molecular flexibility index (Phi) is 3.08. The van der Waals surface area contributed by atoms with E-state index in [2.05, 4.69) is 15.2 Å². The van der Waals surface area contributed by atoms with E-state index in [9.17, 15) is 0 Å². The fourth-order valence-electron chi connectivity index (χ4n) is 0.862.